The summed E-state index contributed by atoms with van der Waals surface area (Å²) in [7, 11) is 1.71. The average molecular weight is 406 g/mol. The summed E-state index contributed by atoms with van der Waals surface area (Å²) in [5.74, 6) is 3.99. The summed E-state index contributed by atoms with van der Waals surface area (Å²) in [6.45, 7) is 4.97. The van der Waals surface area contributed by atoms with Crippen molar-refractivity contribution in [3.8, 4) is 5.75 Å². The lowest BCUT2D eigenvalue weighted by atomic mass is 9.48. The van der Waals surface area contributed by atoms with Gasteiger partial charge in [0.15, 0.2) is 0 Å². The third kappa shape index (κ3) is 3.04. The van der Waals surface area contributed by atoms with Crippen LogP contribution in [0.4, 0.5) is 0 Å². The molecule has 3 saturated carbocycles. The van der Waals surface area contributed by atoms with Crippen LogP contribution >= 0.6 is 0 Å². The molecule has 1 amide bonds. The number of fused-ring (bicyclic) bond motifs is 5. The standard InChI is InChI=1S/C27H35NO2/c1-26-16-14-23-21(11-13-24-27(23,2)17-15-25(29)28-24)22(26)12-8-19(26)7-4-18-5-9-20(30-3)10-6-18/h4-7,9-10,15,17,19,21-24H,8,11-14,16H2,1-3H3,(H,28,29)/b7-4+/t19-,21-,22-,23-,24+,26+,27+/m0/s1. The Labute approximate surface area is 181 Å². The molecule has 7 atom stereocenters. The van der Waals surface area contributed by atoms with E-state index in [-0.39, 0.29) is 11.3 Å². The minimum absolute atomic E-state index is 0.0983. The molecule has 4 aliphatic rings. The Morgan fingerprint density at radius 3 is 2.60 bits per heavy atom. The summed E-state index contributed by atoms with van der Waals surface area (Å²) < 4.78 is 5.28. The monoisotopic (exact) mass is 405 g/mol. The van der Waals surface area contributed by atoms with E-state index in [0.717, 1.165) is 24.0 Å². The summed E-state index contributed by atoms with van der Waals surface area (Å²) in [6, 6.07) is 8.70. The van der Waals surface area contributed by atoms with Crippen molar-refractivity contribution in [2.45, 2.75) is 58.4 Å². The quantitative estimate of drug-likeness (QED) is 0.708. The second-order valence-electron chi connectivity index (χ2n) is 10.6. The van der Waals surface area contributed by atoms with Crippen LogP contribution in [0.25, 0.3) is 6.08 Å². The first-order chi connectivity index (χ1) is 14.4. The molecule has 0 aromatic heterocycles. The first-order valence-electron chi connectivity index (χ1n) is 11.8. The van der Waals surface area contributed by atoms with Crippen molar-refractivity contribution in [2.75, 3.05) is 7.11 Å². The highest BCUT2D eigenvalue weighted by Gasteiger charge is 2.59. The summed E-state index contributed by atoms with van der Waals surface area (Å²) in [5, 5.41) is 3.27. The molecule has 0 unspecified atom stereocenters. The Bertz CT molecular complexity index is 871. The van der Waals surface area contributed by atoms with Gasteiger partial charge in [0.25, 0.3) is 0 Å². The van der Waals surface area contributed by atoms with Crippen molar-refractivity contribution in [3.05, 3.63) is 48.1 Å². The van der Waals surface area contributed by atoms with Crippen LogP contribution in [-0.4, -0.2) is 19.1 Å². The minimum atomic E-state index is 0.0983. The van der Waals surface area contributed by atoms with Crippen molar-refractivity contribution in [2.24, 2.45) is 34.5 Å². The molecule has 3 fully saturated rings. The summed E-state index contributed by atoms with van der Waals surface area (Å²) in [5.41, 5.74) is 1.80. The number of carbonyl (C=O) groups excluding carboxylic acids is 1. The van der Waals surface area contributed by atoms with Gasteiger partial charge in [0.2, 0.25) is 5.91 Å². The number of benzene rings is 1. The molecular formula is C27H35NO2. The Morgan fingerprint density at radius 1 is 1.03 bits per heavy atom. The zero-order chi connectivity index (χ0) is 20.9. The van der Waals surface area contributed by atoms with E-state index >= 15 is 0 Å². The Hall–Kier alpha value is -2.03. The van der Waals surface area contributed by atoms with Crippen LogP contribution in [0.1, 0.15) is 57.9 Å². The molecule has 0 saturated heterocycles. The predicted molar refractivity (Wildman–Crippen MR) is 121 cm³/mol. The zero-order valence-electron chi connectivity index (χ0n) is 18.6. The molecule has 1 aliphatic heterocycles. The fraction of sp³-hybridized carbons (Fsp3) is 0.593. The molecule has 3 aliphatic carbocycles. The number of ether oxygens (including phenoxy) is 1. The van der Waals surface area contributed by atoms with Gasteiger partial charge >= 0.3 is 0 Å². The second-order valence-corrected chi connectivity index (χ2v) is 10.6. The fourth-order valence-corrected chi connectivity index (χ4v) is 7.63. The van der Waals surface area contributed by atoms with Crippen LogP contribution < -0.4 is 10.1 Å². The Kier molecular flexibility index (Phi) is 4.83. The summed E-state index contributed by atoms with van der Waals surface area (Å²) in [6.07, 6.45) is 16.5. The van der Waals surface area contributed by atoms with E-state index in [1.165, 1.54) is 37.7 Å². The van der Waals surface area contributed by atoms with Gasteiger partial charge in [-0.2, -0.15) is 0 Å². The third-order valence-electron chi connectivity index (χ3n) is 9.40. The lowest BCUT2D eigenvalue weighted by Crippen LogP contribution is -2.59. The maximum absolute atomic E-state index is 11.9. The number of nitrogens with one attached hydrogen (secondary N) is 1. The molecule has 3 nitrogen and oxygen atoms in total. The largest absolute Gasteiger partial charge is 0.497 e. The van der Waals surface area contributed by atoms with E-state index in [1.807, 2.05) is 12.1 Å². The molecule has 0 radical (unpaired) electrons. The van der Waals surface area contributed by atoms with Crippen molar-refractivity contribution in [1.29, 1.82) is 0 Å². The van der Waals surface area contributed by atoms with Gasteiger partial charge in [0.05, 0.1) is 7.11 Å². The van der Waals surface area contributed by atoms with Crippen LogP contribution in [0.2, 0.25) is 0 Å². The normalized spacial score (nSPS) is 42.4. The van der Waals surface area contributed by atoms with E-state index in [2.05, 4.69) is 49.5 Å². The van der Waals surface area contributed by atoms with Crippen molar-refractivity contribution in [1.82, 2.24) is 5.32 Å². The van der Waals surface area contributed by atoms with Crippen LogP contribution in [-0.2, 0) is 4.79 Å². The first kappa shape index (κ1) is 19.9. The molecule has 30 heavy (non-hydrogen) atoms. The molecule has 1 N–H and O–H groups in total. The SMILES string of the molecule is COc1ccc(/C=C/[C@H]2CC[C@H]3[C@@H]4CC[C@H]5NC(=O)C=C[C@]5(C)[C@H]4CC[C@]23C)cc1. The molecule has 5 rings (SSSR count). The molecule has 1 heterocycles. The summed E-state index contributed by atoms with van der Waals surface area (Å²) >= 11 is 0. The van der Waals surface area contributed by atoms with E-state index < -0.39 is 0 Å². The van der Waals surface area contributed by atoms with Gasteiger partial charge in [-0.1, -0.05) is 44.2 Å². The highest BCUT2D eigenvalue weighted by molar-refractivity contribution is 5.89. The van der Waals surface area contributed by atoms with Crippen LogP contribution in [0.15, 0.2) is 42.5 Å². The maximum atomic E-state index is 11.9. The molecule has 160 valence electrons. The van der Waals surface area contributed by atoms with Crippen LogP contribution in [0, 0.1) is 34.5 Å². The van der Waals surface area contributed by atoms with Gasteiger partial charge in [-0.25, -0.2) is 0 Å². The number of methoxy groups -OCH3 is 1. The highest BCUT2D eigenvalue weighted by Crippen LogP contribution is 2.65. The Balaban J connectivity index is 1.35. The third-order valence-corrected chi connectivity index (χ3v) is 9.40. The molecule has 1 aromatic carbocycles. The van der Waals surface area contributed by atoms with E-state index in [4.69, 9.17) is 4.74 Å². The maximum Gasteiger partial charge on any atom is 0.243 e. The number of allylic oxidation sites excluding steroid dienone is 1. The van der Waals surface area contributed by atoms with Crippen LogP contribution in [0.5, 0.6) is 5.75 Å². The molecule has 0 bridgehead atoms. The predicted octanol–water partition coefficient (Wildman–Crippen LogP) is 5.62. The average Bonchev–Trinajstić information content (AvgIpc) is 3.09. The number of carbonyl (C=O) groups is 1. The second kappa shape index (κ2) is 7.28. The van der Waals surface area contributed by atoms with E-state index in [9.17, 15) is 4.79 Å². The topological polar surface area (TPSA) is 38.3 Å². The van der Waals surface area contributed by atoms with Crippen molar-refractivity contribution in [3.63, 3.8) is 0 Å². The Morgan fingerprint density at radius 2 is 1.83 bits per heavy atom. The lowest BCUT2D eigenvalue weighted by Gasteiger charge is -2.58. The van der Waals surface area contributed by atoms with Crippen molar-refractivity contribution >= 4 is 12.0 Å². The number of rotatable bonds is 3. The first-order valence-corrected chi connectivity index (χ1v) is 11.8. The number of amides is 1. The van der Waals surface area contributed by atoms with Gasteiger partial charge < -0.3 is 10.1 Å². The number of hydrogen-bond acceptors (Lipinski definition) is 2. The lowest BCUT2D eigenvalue weighted by molar-refractivity contribution is -0.122. The van der Waals surface area contributed by atoms with E-state index in [0.29, 0.717) is 23.3 Å². The minimum Gasteiger partial charge on any atom is -0.497 e. The molecular weight excluding hydrogens is 370 g/mol. The zero-order valence-corrected chi connectivity index (χ0v) is 18.6. The van der Waals surface area contributed by atoms with Gasteiger partial charge in [-0.15, -0.1) is 0 Å². The van der Waals surface area contributed by atoms with E-state index in [1.54, 1.807) is 13.2 Å². The van der Waals surface area contributed by atoms with Gasteiger partial charge in [0, 0.05) is 11.5 Å². The smallest absolute Gasteiger partial charge is 0.243 e. The van der Waals surface area contributed by atoms with Crippen molar-refractivity contribution < 1.29 is 9.53 Å². The van der Waals surface area contributed by atoms with Gasteiger partial charge in [-0.05, 0) is 91.4 Å². The summed E-state index contributed by atoms with van der Waals surface area (Å²) in [4.78, 5) is 11.9. The molecule has 1 aromatic rings. The number of hydrogen-bond donors (Lipinski definition) is 1. The highest BCUT2D eigenvalue weighted by atomic mass is 16.5. The molecule has 3 heteroatoms. The van der Waals surface area contributed by atoms with Crippen LogP contribution in [0.3, 0.4) is 0 Å². The van der Waals surface area contributed by atoms with Gasteiger partial charge in [-0.3, -0.25) is 4.79 Å². The molecule has 0 spiro atoms. The fourth-order valence-electron chi connectivity index (χ4n) is 7.63. The van der Waals surface area contributed by atoms with Gasteiger partial charge in [0.1, 0.15) is 5.75 Å².